The Morgan fingerprint density at radius 3 is 2.62 bits per heavy atom. The number of hydrogen-bond donors (Lipinski definition) is 2. The zero-order valence-electron chi connectivity index (χ0n) is 11.7. The summed E-state index contributed by atoms with van der Waals surface area (Å²) >= 11 is 3.29. The Kier molecular flexibility index (Phi) is 4.63. The molecular weight excluding hydrogens is 337 g/mol. The number of aryl methyl sites for hydroxylation is 1. The first-order valence-electron chi connectivity index (χ1n) is 6.43. The molecule has 5 heteroatoms. The van der Waals surface area contributed by atoms with E-state index in [0.29, 0.717) is 15.7 Å². The number of carbonyl (C=O) groups is 1. The van der Waals surface area contributed by atoms with E-state index in [-0.39, 0.29) is 17.4 Å². The van der Waals surface area contributed by atoms with Gasteiger partial charge in [-0.2, -0.15) is 0 Å². The highest BCUT2D eigenvalue weighted by Crippen LogP contribution is 2.25. The molecule has 3 nitrogen and oxygen atoms in total. The van der Waals surface area contributed by atoms with E-state index < -0.39 is 5.97 Å². The van der Waals surface area contributed by atoms with Crippen LogP contribution in [0.25, 0.3) is 0 Å². The lowest BCUT2D eigenvalue weighted by molar-refractivity contribution is 0.0697. The molecule has 0 radical (unpaired) electrons. The SMILES string of the molecule is Cc1ccc(C(C)Nc2cc(Br)cc(C(=O)O)c2)cc1F. The molecule has 0 fully saturated rings. The van der Waals surface area contributed by atoms with Gasteiger partial charge in [-0.25, -0.2) is 9.18 Å². The highest BCUT2D eigenvalue weighted by molar-refractivity contribution is 9.10. The first kappa shape index (κ1) is 15.5. The van der Waals surface area contributed by atoms with Crippen LogP contribution in [0, 0.1) is 12.7 Å². The fourth-order valence-electron chi connectivity index (χ4n) is 2.01. The lowest BCUT2D eigenvalue weighted by Crippen LogP contribution is -2.08. The van der Waals surface area contributed by atoms with E-state index in [1.165, 1.54) is 12.1 Å². The summed E-state index contributed by atoms with van der Waals surface area (Å²) in [5.74, 6) is -1.24. The molecule has 1 atom stereocenters. The average molecular weight is 352 g/mol. The second kappa shape index (κ2) is 6.26. The molecule has 0 aliphatic carbocycles. The molecule has 0 saturated heterocycles. The molecule has 2 aromatic carbocycles. The van der Waals surface area contributed by atoms with Crippen LogP contribution in [0.1, 0.15) is 34.5 Å². The Hall–Kier alpha value is -1.88. The number of halogens is 2. The Balaban J connectivity index is 2.24. The number of hydrogen-bond acceptors (Lipinski definition) is 2. The van der Waals surface area contributed by atoms with Crippen LogP contribution in [0.4, 0.5) is 10.1 Å². The number of aromatic carboxylic acids is 1. The molecule has 2 rings (SSSR count). The van der Waals surface area contributed by atoms with Crippen molar-refractivity contribution in [2.24, 2.45) is 0 Å². The van der Waals surface area contributed by atoms with Gasteiger partial charge >= 0.3 is 5.97 Å². The van der Waals surface area contributed by atoms with Gasteiger partial charge in [0, 0.05) is 16.2 Å². The largest absolute Gasteiger partial charge is 0.478 e. The fraction of sp³-hybridized carbons (Fsp3) is 0.188. The van der Waals surface area contributed by atoms with Crippen molar-refractivity contribution in [3.05, 3.63) is 63.4 Å². The first-order chi connectivity index (χ1) is 9.86. The maximum atomic E-state index is 13.6. The van der Waals surface area contributed by atoms with Gasteiger partial charge < -0.3 is 10.4 Å². The molecule has 2 aromatic rings. The minimum Gasteiger partial charge on any atom is -0.478 e. The van der Waals surface area contributed by atoms with Crippen LogP contribution < -0.4 is 5.32 Å². The van der Waals surface area contributed by atoms with Gasteiger partial charge in [0.1, 0.15) is 5.82 Å². The normalized spacial score (nSPS) is 12.0. The van der Waals surface area contributed by atoms with Crippen molar-refractivity contribution in [2.45, 2.75) is 19.9 Å². The van der Waals surface area contributed by atoms with E-state index in [0.717, 1.165) is 5.56 Å². The van der Waals surface area contributed by atoms with Gasteiger partial charge in [0.2, 0.25) is 0 Å². The number of rotatable bonds is 4. The van der Waals surface area contributed by atoms with Crippen molar-refractivity contribution in [1.82, 2.24) is 0 Å². The maximum absolute atomic E-state index is 13.6. The summed E-state index contributed by atoms with van der Waals surface area (Å²) in [6, 6.07) is 9.79. The molecule has 0 heterocycles. The number of anilines is 1. The van der Waals surface area contributed by atoms with Gasteiger partial charge in [-0.1, -0.05) is 28.1 Å². The predicted octanol–water partition coefficient (Wildman–Crippen LogP) is 4.77. The van der Waals surface area contributed by atoms with Crippen molar-refractivity contribution < 1.29 is 14.3 Å². The summed E-state index contributed by atoms with van der Waals surface area (Å²) in [4.78, 5) is 11.0. The van der Waals surface area contributed by atoms with E-state index in [1.54, 1.807) is 25.1 Å². The van der Waals surface area contributed by atoms with Crippen LogP contribution in [0.5, 0.6) is 0 Å². The number of nitrogens with one attached hydrogen (secondary N) is 1. The first-order valence-corrected chi connectivity index (χ1v) is 7.22. The maximum Gasteiger partial charge on any atom is 0.335 e. The van der Waals surface area contributed by atoms with E-state index in [2.05, 4.69) is 21.2 Å². The molecule has 0 amide bonds. The molecule has 2 N–H and O–H groups in total. The average Bonchev–Trinajstić information content (AvgIpc) is 2.41. The summed E-state index contributed by atoms with van der Waals surface area (Å²) in [5, 5.41) is 12.2. The smallest absolute Gasteiger partial charge is 0.335 e. The summed E-state index contributed by atoms with van der Waals surface area (Å²) in [5.41, 5.74) is 2.25. The number of carboxylic acids is 1. The third-order valence-corrected chi connectivity index (χ3v) is 3.68. The van der Waals surface area contributed by atoms with Crippen molar-refractivity contribution in [2.75, 3.05) is 5.32 Å². The van der Waals surface area contributed by atoms with E-state index in [9.17, 15) is 9.18 Å². The van der Waals surface area contributed by atoms with Gasteiger partial charge in [0.15, 0.2) is 0 Å². The quantitative estimate of drug-likeness (QED) is 0.834. The van der Waals surface area contributed by atoms with Crippen LogP contribution in [0.3, 0.4) is 0 Å². The van der Waals surface area contributed by atoms with Crippen molar-refractivity contribution in [3.63, 3.8) is 0 Å². The van der Waals surface area contributed by atoms with Crippen molar-refractivity contribution in [3.8, 4) is 0 Å². The topological polar surface area (TPSA) is 49.3 Å². The Bertz CT molecular complexity index is 688. The Morgan fingerprint density at radius 2 is 2.00 bits per heavy atom. The lowest BCUT2D eigenvalue weighted by Gasteiger charge is -2.17. The molecule has 1 unspecified atom stereocenters. The fourth-order valence-corrected chi connectivity index (χ4v) is 2.50. The molecule has 0 aliphatic rings. The zero-order chi connectivity index (χ0) is 15.6. The summed E-state index contributed by atoms with van der Waals surface area (Å²) in [6.07, 6.45) is 0. The monoisotopic (exact) mass is 351 g/mol. The van der Waals surface area contributed by atoms with Crippen LogP contribution in [0.2, 0.25) is 0 Å². The predicted molar refractivity (Wildman–Crippen MR) is 84.3 cm³/mol. The second-order valence-electron chi connectivity index (χ2n) is 4.91. The molecule has 110 valence electrons. The van der Waals surface area contributed by atoms with Gasteiger partial charge in [-0.05, 0) is 49.2 Å². The minimum atomic E-state index is -0.992. The molecule has 21 heavy (non-hydrogen) atoms. The Labute approximate surface area is 130 Å². The second-order valence-corrected chi connectivity index (χ2v) is 5.82. The molecule has 0 aliphatic heterocycles. The summed E-state index contributed by atoms with van der Waals surface area (Å²) in [7, 11) is 0. The highest BCUT2D eigenvalue weighted by atomic mass is 79.9. The van der Waals surface area contributed by atoms with Crippen LogP contribution >= 0.6 is 15.9 Å². The van der Waals surface area contributed by atoms with Crippen molar-refractivity contribution >= 4 is 27.6 Å². The molecule has 0 saturated carbocycles. The van der Waals surface area contributed by atoms with Crippen LogP contribution in [0.15, 0.2) is 40.9 Å². The molecule has 0 bridgehead atoms. The van der Waals surface area contributed by atoms with Crippen LogP contribution in [-0.4, -0.2) is 11.1 Å². The number of benzene rings is 2. The minimum absolute atomic E-state index is 0.143. The summed E-state index contributed by atoms with van der Waals surface area (Å²) in [6.45, 7) is 3.61. The molecule has 0 aromatic heterocycles. The van der Waals surface area contributed by atoms with E-state index >= 15 is 0 Å². The molecular formula is C16H15BrFNO2. The van der Waals surface area contributed by atoms with Gasteiger partial charge in [-0.15, -0.1) is 0 Å². The van der Waals surface area contributed by atoms with Gasteiger partial charge in [0.25, 0.3) is 0 Å². The Morgan fingerprint density at radius 1 is 1.29 bits per heavy atom. The van der Waals surface area contributed by atoms with Crippen LogP contribution in [-0.2, 0) is 0 Å². The lowest BCUT2D eigenvalue weighted by atomic mass is 10.1. The summed E-state index contributed by atoms with van der Waals surface area (Å²) < 4.78 is 14.3. The third kappa shape index (κ3) is 3.82. The zero-order valence-corrected chi connectivity index (χ0v) is 13.2. The third-order valence-electron chi connectivity index (χ3n) is 3.22. The number of carboxylic acid groups (broad SMARTS) is 1. The van der Waals surface area contributed by atoms with Crippen molar-refractivity contribution in [1.29, 1.82) is 0 Å². The van der Waals surface area contributed by atoms with E-state index in [1.807, 2.05) is 13.0 Å². The standard InChI is InChI=1S/C16H15BrFNO2/c1-9-3-4-11(7-15(9)18)10(2)19-14-6-12(16(20)21)5-13(17)8-14/h3-8,10,19H,1-2H3,(H,20,21). The van der Waals surface area contributed by atoms with Gasteiger partial charge in [0.05, 0.1) is 5.56 Å². The van der Waals surface area contributed by atoms with Gasteiger partial charge in [-0.3, -0.25) is 0 Å². The molecule has 0 spiro atoms. The van der Waals surface area contributed by atoms with E-state index in [4.69, 9.17) is 5.11 Å². The highest BCUT2D eigenvalue weighted by Gasteiger charge is 2.10.